The van der Waals surface area contributed by atoms with E-state index in [1.807, 2.05) is 30.6 Å². The SMILES string of the molecule is CC[CH]c1nccn1-c1ccccc1. The van der Waals surface area contributed by atoms with Gasteiger partial charge in [-0.2, -0.15) is 0 Å². The minimum absolute atomic E-state index is 1.00. The Morgan fingerprint density at radius 3 is 2.79 bits per heavy atom. The van der Waals surface area contributed by atoms with Gasteiger partial charge in [0.2, 0.25) is 0 Å². The number of aromatic nitrogens is 2. The van der Waals surface area contributed by atoms with Crippen molar-refractivity contribution >= 4 is 0 Å². The molecular formula is C12H13N2. The Labute approximate surface area is 84.2 Å². The van der Waals surface area contributed by atoms with E-state index < -0.39 is 0 Å². The minimum Gasteiger partial charge on any atom is -0.304 e. The minimum atomic E-state index is 1.00. The largest absolute Gasteiger partial charge is 0.304 e. The molecule has 2 heteroatoms. The van der Waals surface area contributed by atoms with E-state index in [1.54, 1.807) is 0 Å². The molecule has 0 atom stereocenters. The summed E-state index contributed by atoms with van der Waals surface area (Å²) >= 11 is 0. The fourth-order valence-corrected chi connectivity index (χ4v) is 1.46. The molecule has 71 valence electrons. The number of imidazole rings is 1. The van der Waals surface area contributed by atoms with Gasteiger partial charge in [-0.25, -0.2) is 4.98 Å². The summed E-state index contributed by atoms with van der Waals surface area (Å²) in [6, 6.07) is 10.2. The van der Waals surface area contributed by atoms with Crippen LogP contribution in [0.2, 0.25) is 0 Å². The van der Waals surface area contributed by atoms with Crippen molar-refractivity contribution in [3.8, 4) is 5.69 Å². The summed E-state index contributed by atoms with van der Waals surface area (Å²) in [5.74, 6) is 1.01. The summed E-state index contributed by atoms with van der Waals surface area (Å²) in [5.41, 5.74) is 1.16. The lowest BCUT2D eigenvalue weighted by Crippen LogP contribution is -1.97. The van der Waals surface area contributed by atoms with Crippen LogP contribution in [0.15, 0.2) is 42.7 Å². The van der Waals surface area contributed by atoms with Crippen molar-refractivity contribution in [1.82, 2.24) is 9.55 Å². The van der Waals surface area contributed by atoms with Gasteiger partial charge in [-0.1, -0.05) is 25.1 Å². The molecule has 0 spiro atoms. The van der Waals surface area contributed by atoms with Gasteiger partial charge in [0, 0.05) is 24.5 Å². The van der Waals surface area contributed by atoms with Crippen LogP contribution in [0.4, 0.5) is 0 Å². The summed E-state index contributed by atoms with van der Waals surface area (Å²) in [5, 5.41) is 0. The van der Waals surface area contributed by atoms with Crippen molar-refractivity contribution in [3.05, 3.63) is 55.0 Å². The van der Waals surface area contributed by atoms with E-state index in [0.717, 1.165) is 17.9 Å². The summed E-state index contributed by atoms with van der Waals surface area (Å²) in [6.45, 7) is 2.12. The first-order valence-corrected chi connectivity index (χ1v) is 4.84. The second-order valence-electron chi connectivity index (χ2n) is 3.10. The van der Waals surface area contributed by atoms with E-state index in [4.69, 9.17) is 0 Å². The molecule has 1 aromatic carbocycles. The lowest BCUT2D eigenvalue weighted by molar-refractivity contribution is 0.942. The second-order valence-corrected chi connectivity index (χ2v) is 3.10. The summed E-state index contributed by atoms with van der Waals surface area (Å²) in [7, 11) is 0. The van der Waals surface area contributed by atoms with Gasteiger partial charge in [-0.05, 0) is 18.6 Å². The number of para-hydroxylation sites is 1. The Bertz CT molecular complexity index is 390. The molecule has 2 nitrogen and oxygen atoms in total. The van der Waals surface area contributed by atoms with Crippen molar-refractivity contribution in [1.29, 1.82) is 0 Å². The van der Waals surface area contributed by atoms with Crippen LogP contribution < -0.4 is 0 Å². The van der Waals surface area contributed by atoms with Crippen LogP contribution in [0, 0.1) is 6.42 Å². The Morgan fingerprint density at radius 2 is 2.07 bits per heavy atom. The zero-order valence-electron chi connectivity index (χ0n) is 8.22. The molecule has 0 saturated carbocycles. The van der Waals surface area contributed by atoms with Crippen LogP contribution in [-0.2, 0) is 0 Å². The molecule has 0 saturated heterocycles. The molecule has 14 heavy (non-hydrogen) atoms. The summed E-state index contributed by atoms with van der Waals surface area (Å²) < 4.78 is 2.09. The highest BCUT2D eigenvalue weighted by molar-refractivity contribution is 5.33. The first-order valence-electron chi connectivity index (χ1n) is 4.84. The third-order valence-corrected chi connectivity index (χ3v) is 2.09. The third-order valence-electron chi connectivity index (χ3n) is 2.09. The zero-order valence-corrected chi connectivity index (χ0v) is 8.22. The molecular weight excluding hydrogens is 172 g/mol. The van der Waals surface area contributed by atoms with Crippen molar-refractivity contribution in [2.75, 3.05) is 0 Å². The smallest absolute Gasteiger partial charge is 0.117 e. The van der Waals surface area contributed by atoms with Gasteiger partial charge < -0.3 is 4.57 Å². The zero-order chi connectivity index (χ0) is 9.80. The van der Waals surface area contributed by atoms with E-state index >= 15 is 0 Å². The van der Waals surface area contributed by atoms with Gasteiger partial charge in [0.1, 0.15) is 5.82 Å². The molecule has 0 N–H and O–H groups in total. The highest BCUT2D eigenvalue weighted by Crippen LogP contribution is 2.11. The first-order chi connectivity index (χ1) is 6.92. The van der Waals surface area contributed by atoms with Crippen molar-refractivity contribution in [2.24, 2.45) is 0 Å². The quantitative estimate of drug-likeness (QED) is 0.719. The normalized spacial score (nSPS) is 10.4. The van der Waals surface area contributed by atoms with E-state index in [9.17, 15) is 0 Å². The van der Waals surface area contributed by atoms with E-state index in [-0.39, 0.29) is 0 Å². The lowest BCUT2D eigenvalue weighted by Gasteiger charge is -2.05. The molecule has 0 aliphatic rings. The summed E-state index contributed by atoms with van der Waals surface area (Å²) in [6.07, 6.45) is 6.93. The molecule has 1 heterocycles. The first kappa shape index (κ1) is 9.00. The van der Waals surface area contributed by atoms with Crippen LogP contribution in [0.5, 0.6) is 0 Å². The topological polar surface area (TPSA) is 17.8 Å². The standard InChI is InChI=1S/C12H13N2/c1-2-6-12-13-9-10-14(12)11-7-4-3-5-8-11/h3-10H,2H2,1H3. The maximum absolute atomic E-state index is 4.29. The van der Waals surface area contributed by atoms with Crippen LogP contribution >= 0.6 is 0 Å². The van der Waals surface area contributed by atoms with Crippen molar-refractivity contribution < 1.29 is 0 Å². The molecule has 2 rings (SSSR count). The average molecular weight is 185 g/mol. The highest BCUT2D eigenvalue weighted by Gasteiger charge is 2.02. The molecule has 0 fully saturated rings. The van der Waals surface area contributed by atoms with Crippen LogP contribution in [0.1, 0.15) is 19.2 Å². The number of hydrogen-bond acceptors (Lipinski definition) is 1. The third kappa shape index (κ3) is 1.69. The second kappa shape index (κ2) is 4.09. The fraction of sp³-hybridized carbons (Fsp3) is 0.167. The predicted octanol–water partition coefficient (Wildman–Crippen LogP) is 2.83. The maximum Gasteiger partial charge on any atom is 0.117 e. The number of benzene rings is 1. The molecule has 1 radical (unpaired) electrons. The molecule has 1 aromatic heterocycles. The highest BCUT2D eigenvalue weighted by atomic mass is 15.1. The molecule has 0 bridgehead atoms. The average Bonchev–Trinajstić information content (AvgIpc) is 2.68. The van der Waals surface area contributed by atoms with Gasteiger partial charge in [0.05, 0.1) is 0 Å². The number of nitrogens with zero attached hydrogens (tertiary/aromatic N) is 2. The Hall–Kier alpha value is -1.57. The van der Waals surface area contributed by atoms with Gasteiger partial charge in [0.25, 0.3) is 0 Å². The fourth-order valence-electron chi connectivity index (χ4n) is 1.46. The van der Waals surface area contributed by atoms with Crippen LogP contribution in [-0.4, -0.2) is 9.55 Å². The molecule has 0 aliphatic carbocycles. The van der Waals surface area contributed by atoms with Crippen molar-refractivity contribution in [2.45, 2.75) is 13.3 Å². The Balaban J connectivity index is 2.37. The van der Waals surface area contributed by atoms with E-state index in [1.165, 1.54) is 0 Å². The van der Waals surface area contributed by atoms with Gasteiger partial charge in [-0.3, -0.25) is 0 Å². The summed E-state index contributed by atoms with van der Waals surface area (Å²) in [4.78, 5) is 4.29. The van der Waals surface area contributed by atoms with E-state index in [2.05, 4.69) is 35.0 Å². The Morgan fingerprint density at radius 1 is 1.29 bits per heavy atom. The number of rotatable bonds is 3. The van der Waals surface area contributed by atoms with Gasteiger partial charge in [-0.15, -0.1) is 0 Å². The monoisotopic (exact) mass is 185 g/mol. The van der Waals surface area contributed by atoms with Gasteiger partial charge in [0.15, 0.2) is 0 Å². The molecule has 0 amide bonds. The molecule has 2 aromatic rings. The van der Waals surface area contributed by atoms with Gasteiger partial charge >= 0.3 is 0 Å². The predicted molar refractivity (Wildman–Crippen MR) is 57.3 cm³/mol. The molecule has 0 unspecified atom stereocenters. The molecule has 0 aliphatic heterocycles. The number of hydrogen-bond donors (Lipinski definition) is 0. The van der Waals surface area contributed by atoms with E-state index in [0.29, 0.717) is 0 Å². The van der Waals surface area contributed by atoms with Crippen molar-refractivity contribution in [3.63, 3.8) is 0 Å². The van der Waals surface area contributed by atoms with Crippen LogP contribution in [0.3, 0.4) is 0 Å². The maximum atomic E-state index is 4.29. The lowest BCUT2D eigenvalue weighted by atomic mass is 10.3. The Kier molecular flexibility index (Phi) is 2.63. The van der Waals surface area contributed by atoms with Crippen LogP contribution in [0.25, 0.3) is 5.69 Å².